The third-order valence-electron chi connectivity index (χ3n) is 4.92. The molecule has 1 aromatic heterocycles. The van der Waals surface area contributed by atoms with Gasteiger partial charge in [-0.2, -0.15) is 0 Å². The highest BCUT2D eigenvalue weighted by Crippen LogP contribution is 2.33. The molecule has 1 aliphatic rings. The summed E-state index contributed by atoms with van der Waals surface area (Å²) < 4.78 is 12.3. The molecule has 152 valence electrons. The Bertz CT molecular complexity index is 1420. The summed E-state index contributed by atoms with van der Waals surface area (Å²) in [6.07, 6.45) is 3.35. The highest BCUT2D eigenvalue weighted by molar-refractivity contribution is 5.80. The van der Waals surface area contributed by atoms with Crippen molar-refractivity contribution in [1.82, 2.24) is 9.55 Å². The topological polar surface area (TPSA) is 96.5 Å². The molecule has 0 atom stereocenters. The summed E-state index contributed by atoms with van der Waals surface area (Å²) in [7, 11) is 0. The summed E-state index contributed by atoms with van der Waals surface area (Å²) in [5, 5.41) is 11.5. The Kier molecular flexibility index (Phi) is 4.44. The Morgan fingerprint density at radius 3 is 2.68 bits per heavy atom. The first kappa shape index (κ1) is 18.6. The number of para-hydroxylation sites is 1. The SMILES string of the molecule is O=c1c2ccccc2nc(/C=C\c2cccc([N+](=O)[O-])c2)n1-c1ccc2c(c1)OCO2. The minimum atomic E-state index is -0.450. The van der Waals surface area contributed by atoms with Crippen molar-refractivity contribution in [1.29, 1.82) is 0 Å². The maximum absolute atomic E-state index is 13.3. The van der Waals surface area contributed by atoms with Crippen LogP contribution in [0.3, 0.4) is 0 Å². The van der Waals surface area contributed by atoms with Gasteiger partial charge in [0.15, 0.2) is 11.5 Å². The van der Waals surface area contributed by atoms with Crippen molar-refractivity contribution >= 4 is 28.7 Å². The maximum atomic E-state index is 13.3. The van der Waals surface area contributed by atoms with Crippen LogP contribution in [-0.4, -0.2) is 21.3 Å². The molecule has 0 unspecified atom stereocenters. The molecule has 3 aromatic carbocycles. The van der Waals surface area contributed by atoms with E-state index < -0.39 is 4.92 Å². The van der Waals surface area contributed by atoms with E-state index in [9.17, 15) is 14.9 Å². The number of nitro benzene ring substituents is 1. The molecule has 0 bridgehead atoms. The van der Waals surface area contributed by atoms with Gasteiger partial charge in [0.1, 0.15) is 5.82 Å². The van der Waals surface area contributed by atoms with Crippen molar-refractivity contribution in [2.45, 2.75) is 0 Å². The number of hydrogen-bond donors (Lipinski definition) is 0. The minimum Gasteiger partial charge on any atom is -0.454 e. The highest BCUT2D eigenvalue weighted by atomic mass is 16.7. The normalized spacial score (nSPS) is 12.5. The minimum absolute atomic E-state index is 0.0122. The van der Waals surface area contributed by atoms with E-state index in [0.29, 0.717) is 39.5 Å². The largest absolute Gasteiger partial charge is 0.454 e. The zero-order valence-electron chi connectivity index (χ0n) is 16.1. The zero-order valence-corrected chi connectivity index (χ0v) is 16.1. The Morgan fingerprint density at radius 1 is 0.968 bits per heavy atom. The smallest absolute Gasteiger partial charge is 0.270 e. The maximum Gasteiger partial charge on any atom is 0.270 e. The van der Waals surface area contributed by atoms with Gasteiger partial charge >= 0.3 is 0 Å². The molecule has 0 N–H and O–H groups in total. The predicted molar refractivity (Wildman–Crippen MR) is 115 cm³/mol. The number of aromatic nitrogens is 2. The van der Waals surface area contributed by atoms with Crippen LogP contribution in [0.2, 0.25) is 0 Å². The van der Waals surface area contributed by atoms with Crippen LogP contribution in [0.15, 0.2) is 71.5 Å². The number of nitro groups is 1. The molecule has 5 rings (SSSR count). The van der Waals surface area contributed by atoms with Crippen LogP contribution < -0.4 is 15.0 Å². The van der Waals surface area contributed by atoms with Crippen molar-refractivity contribution in [2.24, 2.45) is 0 Å². The number of rotatable bonds is 4. The van der Waals surface area contributed by atoms with Gasteiger partial charge in [0.25, 0.3) is 11.2 Å². The van der Waals surface area contributed by atoms with E-state index in [0.717, 1.165) is 0 Å². The average molecular weight is 413 g/mol. The molecule has 0 fully saturated rings. The van der Waals surface area contributed by atoms with E-state index in [1.807, 2.05) is 6.07 Å². The molecule has 8 heteroatoms. The Labute approximate surface area is 175 Å². The number of non-ortho nitro benzene ring substituents is 1. The van der Waals surface area contributed by atoms with Crippen LogP contribution in [0, 0.1) is 10.1 Å². The molecule has 0 spiro atoms. The summed E-state index contributed by atoms with van der Waals surface area (Å²) in [6.45, 7) is 0.128. The lowest BCUT2D eigenvalue weighted by atomic mass is 10.1. The van der Waals surface area contributed by atoms with Crippen molar-refractivity contribution in [3.8, 4) is 17.2 Å². The number of fused-ring (bicyclic) bond motifs is 2. The van der Waals surface area contributed by atoms with Crippen LogP contribution in [0.5, 0.6) is 11.5 Å². The van der Waals surface area contributed by atoms with Crippen molar-refractivity contribution < 1.29 is 14.4 Å². The summed E-state index contributed by atoms with van der Waals surface area (Å²) in [5.41, 5.74) is 1.51. The monoisotopic (exact) mass is 413 g/mol. The molecule has 4 aromatic rings. The van der Waals surface area contributed by atoms with E-state index in [2.05, 4.69) is 4.98 Å². The van der Waals surface area contributed by atoms with Crippen LogP contribution in [0.25, 0.3) is 28.7 Å². The van der Waals surface area contributed by atoms with Gasteiger partial charge in [0.2, 0.25) is 6.79 Å². The second kappa shape index (κ2) is 7.42. The van der Waals surface area contributed by atoms with Crippen molar-refractivity contribution in [3.05, 3.63) is 98.6 Å². The van der Waals surface area contributed by atoms with Gasteiger partial charge in [-0.25, -0.2) is 4.98 Å². The third-order valence-corrected chi connectivity index (χ3v) is 4.92. The first-order chi connectivity index (χ1) is 15.1. The fourth-order valence-electron chi connectivity index (χ4n) is 3.45. The summed E-state index contributed by atoms with van der Waals surface area (Å²) in [4.78, 5) is 28.6. The lowest BCUT2D eigenvalue weighted by Gasteiger charge is -2.12. The molecule has 0 saturated carbocycles. The molecule has 0 amide bonds. The molecule has 2 heterocycles. The number of nitrogens with zero attached hydrogens (tertiary/aromatic N) is 3. The summed E-state index contributed by atoms with van der Waals surface area (Å²) in [6, 6.07) is 18.6. The Balaban J connectivity index is 1.68. The average Bonchev–Trinajstić information content (AvgIpc) is 3.26. The van der Waals surface area contributed by atoms with Gasteiger partial charge in [-0.3, -0.25) is 19.5 Å². The van der Waals surface area contributed by atoms with Crippen LogP contribution >= 0.6 is 0 Å². The predicted octanol–water partition coefficient (Wildman–Crippen LogP) is 4.19. The summed E-state index contributed by atoms with van der Waals surface area (Å²) in [5.74, 6) is 1.54. The molecule has 0 aliphatic carbocycles. The Hall–Kier alpha value is -4.46. The van der Waals surface area contributed by atoms with E-state index in [1.54, 1.807) is 60.7 Å². The molecule has 31 heavy (non-hydrogen) atoms. The lowest BCUT2D eigenvalue weighted by Crippen LogP contribution is -2.22. The van der Waals surface area contributed by atoms with E-state index >= 15 is 0 Å². The van der Waals surface area contributed by atoms with E-state index in [4.69, 9.17) is 9.47 Å². The number of hydrogen-bond acceptors (Lipinski definition) is 6. The van der Waals surface area contributed by atoms with Gasteiger partial charge < -0.3 is 9.47 Å². The van der Waals surface area contributed by atoms with Gasteiger partial charge in [-0.15, -0.1) is 0 Å². The molecule has 0 saturated heterocycles. The second-order valence-electron chi connectivity index (χ2n) is 6.85. The Morgan fingerprint density at radius 2 is 1.81 bits per heavy atom. The fourth-order valence-corrected chi connectivity index (χ4v) is 3.45. The van der Waals surface area contributed by atoms with E-state index in [1.165, 1.54) is 16.7 Å². The second-order valence-corrected chi connectivity index (χ2v) is 6.85. The van der Waals surface area contributed by atoms with Gasteiger partial charge in [-0.05, 0) is 35.9 Å². The first-order valence-electron chi connectivity index (χ1n) is 9.44. The zero-order chi connectivity index (χ0) is 21.4. The standard InChI is InChI=1S/C23H15N3O5/c27-23-18-6-1-2-7-19(18)24-22(11-8-15-4-3-5-17(12-15)26(28)29)25(23)16-9-10-20-21(13-16)31-14-30-20/h1-13H,14H2/b11-8-. The molecular weight excluding hydrogens is 398 g/mol. The number of benzene rings is 3. The van der Waals surface area contributed by atoms with E-state index in [-0.39, 0.29) is 18.0 Å². The van der Waals surface area contributed by atoms with Gasteiger partial charge in [0, 0.05) is 18.2 Å². The summed E-state index contributed by atoms with van der Waals surface area (Å²) >= 11 is 0. The molecular formula is C23H15N3O5. The van der Waals surface area contributed by atoms with Gasteiger partial charge in [-0.1, -0.05) is 30.3 Å². The van der Waals surface area contributed by atoms with Gasteiger partial charge in [0.05, 0.1) is 21.5 Å². The molecule has 8 nitrogen and oxygen atoms in total. The van der Waals surface area contributed by atoms with Crippen molar-refractivity contribution in [3.63, 3.8) is 0 Å². The fraction of sp³-hybridized carbons (Fsp3) is 0.0435. The van der Waals surface area contributed by atoms with Crippen LogP contribution in [0.1, 0.15) is 11.4 Å². The number of ether oxygens (including phenoxy) is 2. The van der Waals surface area contributed by atoms with Crippen LogP contribution in [0.4, 0.5) is 5.69 Å². The molecule has 1 aliphatic heterocycles. The molecule has 0 radical (unpaired) electrons. The lowest BCUT2D eigenvalue weighted by molar-refractivity contribution is -0.384. The third kappa shape index (κ3) is 3.40. The highest BCUT2D eigenvalue weighted by Gasteiger charge is 2.17. The van der Waals surface area contributed by atoms with Crippen LogP contribution in [-0.2, 0) is 0 Å². The van der Waals surface area contributed by atoms with Crippen molar-refractivity contribution in [2.75, 3.05) is 6.79 Å². The first-order valence-corrected chi connectivity index (χ1v) is 9.44. The quantitative estimate of drug-likeness (QED) is 0.368.